The molecule has 1 aliphatic carbocycles. The average molecular weight is 331 g/mol. The van der Waals surface area contributed by atoms with Gasteiger partial charge in [-0.3, -0.25) is 4.79 Å². The largest absolute Gasteiger partial charge is 0.459 e. The number of esters is 1. The molecule has 1 saturated carbocycles. The van der Waals surface area contributed by atoms with Crippen molar-refractivity contribution >= 4 is 11.9 Å². The van der Waals surface area contributed by atoms with E-state index in [0.717, 1.165) is 31.2 Å². The highest BCUT2D eigenvalue weighted by Gasteiger charge is 2.28. The number of hydrogen-bond acceptors (Lipinski definition) is 3. The van der Waals surface area contributed by atoms with Gasteiger partial charge in [-0.2, -0.15) is 0 Å². The number of carbonyl (C=O) groups excluding carboxylic acids is 2. The van der Waals surface area contributed by atoms with Crippen molar-refractivity contribution in [1.82, 2.24) is 5.32 Å². The molecule has 132 valence electrons. The Kier molecular flexibility index (Phi) is 7.29. The van der Waals surface area contributed by atoms with Gasteiger partial charge in [0, 0.05) is 5.92 Å². The minimum absolute atomic E-state index is 0.0111. The Morgan fingerprint density at radius 2 is 1.79 bits per heavy atom. The molecular weight excluding hydrogens is 302 g/mol. The van der Waals surface area contributed by atoms with Crippen molar-refractivity contribution in [1.29, 1.82) is 0 Å². The topological polar surface area (TPSA) is 55.4 Å². The van der Waals surface area contributed by atoms with Crippen LogP contribution in [0.15, 0.2) is 30.3 Å². The van der Waals surface area contributed by atoms with Gasteiger partial charge in [-0.05, 0) is 30.7 Å². The Morgan fingerprint density at radius 3 is 2.42 bits per heavy atom. The van der Waals surface area contributed by atoms with Gasteiger partial charge in [0.15, 0.2) is 0 Å². The van der Waals surface area contributed by atoms with Gasteiger partial charge in [-0.15, -0.1) is 0 Å². The lowest BCUT2D eigenvalue weighted by atomic mass is 9.88. The lowest BCUT2D eigenvalue weighted by Crippen LogP contribution is -2.45. The Balaban J connectivity index is 1.90. The highest BCUT2D eigenvalue weighted by molar-refractivity contribution is 5.85. The maximum absolute atomic E-state index is 12.4. The molecule has 1 aromatic carbocycles. The minimum atomic E-state index is -0.553. The van der Waals surface area contributed by atoms with Gasteiger partial charge in [-0.25, -0.2) is 4.79 Å². The van der Waals surface area contributed by atoms with E-state index in [1.54, 1.807) is 0 Å². The molecule has 1 aromatic rings. The third kappa shape index (κ3) is 5.99. The zero-order valence-electron chi connectivity index (χ0n) is 14.8. The summed E-state index contributed by atoms with van der Waals surface area (Å²) in [7, 11) is 0. The zero-order valence-corrected chi connectivity index (χ0v) is 14.8. The molecule has 0 spiro atoms. The third-order valence-corrected chi connectivity index (χ3v) is 4.51. The van der Waals surface area contributed by atoms with Crippen LogP contribution in [0.1, 0.15) is 57.9 Å². The first-order valence-corrected chi connectivity index (χ1v) is 9.07. The first-order valence-electron chi connectivity index (χ1n) is 9.07. The first-order chi connectivity index (χ1) is 11.6. The van der Waals surface area contributed by atoms with Gasteiger partial charge in [0.05, 0.1) is 0 Å². The monoisotopic (exact) mass is 331 g/mol. The van der Waals surface area contributed by atoms with E-state index in [1.807, 2.05) is 44.2 Å². The molecule has 24 heavy (non-hydrogen) atoms. The first kappa shape index (κ1) is 18.5. The summed E-state index contributed by atoms with van der Waals surface area (Å²) in [4.78, 5) is 24.9. The van der Waals surface area contributed by atoms with Gasteiger partial charge >= 0.3 is 5.97 Å². The van der Waals surface area contributed by atoms with E-state index < -0.39 is 6.04 Å². The lowest BCUT2D eigenvalue weighted by Gasteiger charge is -2.25. The third-order valence-electron chi connectivity index (χ3n) is 4.51. The quantitative estimate of drug-likeness (QED) is 0.772. The molecule has 0 bridgehead atoms. The molecule has 1 aliphatic rings. The molecule has 0 aliphatic heterocycles. The second-order valence-corrected chi connectivity index (χ2v) is 7.12. The molecule has 2 rings (SSSR count). The molecule has 1 fully saturated rings. The zero-order chi connectivity index (χ0) is 17.4. The highest BCUT2D eigenvalue weighted by atomic mass is 16.5. The summed E-state index contributed by atoms with van der Waals surface area (Å²) in [6.07, 6.45) is 5.87. The lowest BCUT2D eigenvalue weighted by molar-refractivity contribution is -0.150. The van der Waals surface area contributed by atoms with Gasteiger partial charge in [-0.1, -0.05) is 63.4 Å². The molecule has 0 radical (unpaired) electrons. The van der Waals surface area contributed by atoms with Crippen LogP contribution in [0.25, 0.3) is 0 Å². The number of amides is 1. The Bertz CT molecular complexity index is 521. The Hall–Kier alpha value is -1.84. The molecule has 1 atom stereocenters. The van der Waals surface area contributed by atoms with Crippen LogP contribution in [0, 0.1) is 11.8 Å². The summed E-state index contributed by atoms with van der Waals surface area (Å²) in [6.45, 7) is 4.34. The number of carbonyl (C=O) groups is 2. The van der Waals surface area contributed by atoms with Gasteiger partial charge in [0.2, 0.25) is 5.91 Å². The molecule has 1 amide bonds. The maximum Gasteiger partial charge on any atom is 0.328 e. The second kappa shape index (κ2) is 9.45. The summed E-state index contributed by atoms with van der Waals surface area (Å²) in [5, 5.41) is 2.94. The SMILES string of the molecule is CC(C)C[C@H](NC(=O)C1CCCCC1)C(=O)OCc1ccccc1. The predicted octanol–water partition coefficient (Wildman–Crippen LogP) is 3.84. The summed E-state index contributed by atoms with van der Waals surface area (Å²) < 4.78 is 5.43. The van der Waals surface area contributed by atoms with E-state index in [4.69, 9.17) is 4.74 Å². The number of benzene rings is 1. The number of ether oxygens (including phenoxy) is 1. The normalized spacial score (nSPS) is 16.6. The molecule has 0 aromatic heterocycles. The van der Waals surface area contributed by atoms with Gasteiger partial charge in [0.1, 0.15) is 12.6 Å². The maximum atomic E-state index is 12.4. The summed E-state index contributed by atoms with van der Waals surface area (Å²) >= 11 is 0. The molecule has 1 N–H and O–H groups in total. The van der Waals surface area contributed by atoms with Crippen LogP contribution in [0.4, 0.5) is 0 Å². The van der Waals surface area contributed by atoms with E-state index in [0.29, 0.717) is 12.3 Å². The van der Waals surface area contributed by atoms with E-state index in [9.17, 15) is 9.59 Å². The van der Waals surface area contributed by atoms with Crippen molar-refractivity contribution < 1.29 is 14.3 Å². The number of rotatable bonds is 7. The van der Waals surface area contributed by atoms with Crippen LogP contribution in [-0.4, -0.2) is 17.9 Å². The standard InChI is InChI=1S/C20H29NO3/c1-15(2)13-18(21-19(22)17-11-7-4-8-12-17)20(23)24-14-16-9-5-3-6-10-16/h3,5-6,9-10,15,17-18H,4,7-8,11-14H2,1-2H3,(H,21,22)/t18-/m0/s1. The Morgan fingerprint density at radius 1 is 1.12 bits per heavy atom. The van der Waals surface area contributed by atoms with Crippen LogP contribution in [-0.2, 0) is 20.9 Å². The van der Waals surface area contributed by atoms with E-state index in [2.05, 4.69) is 5.32 Å². The van der Waals surface area contributed by atoms with Crippen LogP contribution in [0.5, 0.6) is 0 Å². The van der Waals surface area contributed by atoms with E-state index >= 15 is 0 Å². The van der Waals surface area contributed by atoms with Crippen molar-refractivity contribution in [2.24, 2.45) is 11.8 Å². The number of nitrogens with one attached hydrogen (secondary N) is 1. The Labute approximate surface area is 145 Å². The average Bonchev–Trinajstić information content (AvgIpc) is 2.60. The second-order valence-electron chi connectivity index (χ2n) is 7.12. The van der Waals surface area contributed by atoms with Crippen molar-refractivity contribution in [2.45, 2.75) is 65.0 Å². The molecule has 4 nitrogen and oxygen atoms in total. The molecular formula is C20H29NO3. The van der Waals surface area contributed by atoms with E-state index in [1.165, 1.54) is 6.42 Å². The molecule has 4 heteroatoms. The van der Waals surface area contributed by atoms with Crippen LogP contribution >= 0.6 is 0 Å². The predicted molar refractivity (Wildman–Crippen MR) is 94.2 cm³/mol. The minimum Gasteiger partial charge on any atom is -0.459 e. The molecule has 0 saturated heterocycles. The van der Waals surface area contributed by atoms with E-state index in [-0.39, 0.29) is 24.4 Å². The van der Waals surface area contributed by atoms with Crippen molar-refractivity contribution in [3.8, 4) is 0 Å². The van der Waals surface area contributed by atoms with Crippen molar-refractivity contribution in [2.75, 3.05) is 0 Å². The van der Waals surface area contributed by atoms with Crippen molar-refractivity contribution in [3.05, 3.63) is 35.9 Å². The van der Waals surface area contributed by atoms with Crippen LogP contribution in [0.2, 0.25) is 0 Å². The fraction of sp³-hybridized carbons (Fsp3) is 0.600. The van der Waals surface area contributed by atoms with Crippen LogP contribution in [0.3, 0.4) is 0 Å². The summed E-state index contributed by atoms with van der Waals surface area (Å²) in [5.41, 5.74) is 0.952. The fourth-order valence-electron chi connectivity index (χ4n) is 3.17. The smallest absolute Gasteiger partial charge is 0.328 e. The van der Waals surface area contributed by atoms with Crippen molar-refractivity contribution in [3.63, 3.8) is 0 Å². The van der Waals surface area contributed by atoms with Crippen LogP contribution < -0.4 is 5.32 Å². The number of hydrogen-bond donors (Lipinski definition) is 1. The van der Waals surface area contributed by atoms with Gasteiger partial charge < -0.3 is 10.1 Å². The highest BCUT2D eigenvalue weighted by Crippen LogP contribution is 2.24. The summed E-state index contributed by atoms with van der Waals surface area (Å²) in [5.74, 6) is 0.0370. The summed E-state index contributed by atoms with van der Waals surface area (Å²) in [6, 6.07) is 9.05. The van der Waals surface area contributed by atoms with Gasteiger partial charge in [0.25, 0.3) is 0 Å². The fourth-order valence-corrected chi connectivity index (χ4v) is 3.17. The molecule has 0 unspecified atom stereocenters. The molecule has 0 heterocycles.